The molecular formula is C17H22Cl2N2O3. The number of hydrogen-bond acceptors (Lipinski definition) is 5. The standard InChI is InChI=1S/C17H20N2O3.2ClH/c1-2-21-17(20)15-11-19-9-8-16(15)22-12-14(18)10-13-6-4-3-5-7-13;;/h3-9,11,14H,2,10,12,18H2,1H3;2*1H/t14-;;/m1../s1. The number of halogens is 2. The van der Waals surface area contributed by atoms with Gasteiger partial charge in [-0.25, -0.2) is 4.79 Å². The number of pyridine rings is 1. The normalized spacial score (nSPS) is 10.8. The molecule has 0 bridgehead atoms. The van der Waals surface area contributed by atoms with E-state index in [1.807, 2.05) is 30.3 Å². The van der Waals surface area contributed by atoms with Crippen LogP contribution in [-0.2, 0) is 11.2 Å². The predicted molar refractivity (Wildman–Crippen MR) is 98.3 cm³/mol. The molecule has 0 unspecified atom stereocenters. The summed E-state index contributed by atoms with van der Waals surface area (Å²) >= 11 is 0. The second-order valence-corrected chi connectivity index (χ2v) is 4.85. The van der Waals surface area contributed by atoms with E-state index in [9.17, 15) is 4.79 Å². The maximum Gasteiger partial charge on any atom is 0.343 e. The van der Waals surface area contributed by atoms with E-state index in [0.29, 0.717) is 30.9 Å². The van der Waals surface area contributed by atoms with Crippen LogP contribution in [-0.4, -0.2) is 30.2 Å². The molecule has 1 heterocycles. The number of esters is 1. The number of carbonyl (C=O) groups excluding carboxylic acids is 1. The minimum absolute atomic E-state index is 0. The molecule has 1 aromatic carbocycles. The van der Waals surface area contributed by atoms with E-state index in [2.05, 4.69) is 4.98 Å². The van der Waals surface area contributed by atoms with Gasteiger partial charge in [0.2, 0.25) is 0 Å². The van der Waals surface area contributed by atoms with Gasteiger partial charge >= 0.3 is 5.97 Å². The lowest BCUT2D eigenvalue weighted by Crippen LogP contribution is -2.30. The fourth-order valence-electron chi connectivity index (χ4n) is 2.04. The van der Waals surface area contributed by atoms with Crippen LogP contribution in [0.3, 0.4) is 0 Å². The van der Waals surface area contributed by atoms with Gasteiger partial charge in [-0.15, -0.1) is 24.8 Å². The fraction of sp³-hybridized carbons (Fsp3) is 0.294. The van der Waals surface area contributed by atoms with E-state index >= 15 is 0 Å². The van der Waals surface area contributed by atoms with Gasteiger partial charge in [0.15, 0.2) is 0 Å². The molecule has 0 aliphatic carbocycles. The molecule has 0 saturated heterocycles. The van der Waals surface area contributed by atoms with Crippen molar-refractivity contribution in [3.05, 3.63) is 59.9 Å². The number of rotatable bonds is 7. The summed E-state index contributed by atoms with van der Waals surface area (Å²) in [6, 6.07) is 11.4. The summed E-state index contributed by atoms with van der Waals surface area (Å²) in [5.74, 6) is -0.000748. The van der Waals surface area contributed by atoms with Gasteiger partial charge in [-0.1, -0.05) is 30.3 Å². The van der Waals surface area contributed by atoms with Crippen LogP contribution in [0.1, 0.15) is 22.8 Å². The van der Waals surface area contributed by atoms with Crippen molar-refractivity contribution >= 4 is 30.8 Å². The van der Waals surface area contributed by atoms with Crippen LogP contribution >= 0.6 is 24.8 Å². The third-order valence-electron chi connectivity index (χ3n) is 3.07. The second kappa shape index (κ2) is 11.7. The zero-order valence-electron chi connectivity index (χ0n) is 13.4. The lowest BCUT2D eigenvalue weighted by Gasteiger charge is -2.15. The number of benzene rings is 1. The number of aromatic nitrogens is 1. The third-order valence-corrected chi connectivity index (χ3v) is 3.07. The van der Waals surface area contributed by atoms with E-state index in [-0.39, 0.29) is 30.9 Å². The summed E-state index contributed by atoms with van der Waals surface area (Å²) in [5.41, 5.74) is 7.55. The van der Waals surface area contributed by atoms with E-state index < -0.39 is 5.97 Å². The Kier molecular flexibility index (Phi) is 10.8. The van der Waals surface area contributed by atoms with Gasteiger partial charge in [0.05, 0.1) is 6.61 Å². The number of ether oxygens (including phenoxy) is 2. The number of carbonyl (C=O) groups is 1. The summed E-state index contributed by atoms with van der Waals surface area (Å²) in [5, 5.41) is 0. The van der Waals surface area contributed by atoms with Gasteiger partial charge in [-0.05, 0) is 25.0 Å². The lowest BCUT2D eigenvalue weighted by molar-refractivity contribution is 0.0520. The van der Waals surface area contributed by atoms with Gasteiger partial charge in [0, 0.05) is 18.4 Å². The Morgan fingerprint density at radius 1 is 1.21 bits per heavy atom. The second-order valence-electron chi connectivity index (χ2n) is 4.85. The van der Waals surface area contributed by atoms with E-state index in [1.165, 1.54) is 6.20 Å². The molecule has 24 heavy (non-hydrogen) atoms. The molecule has 2 aromatic rings. The quantitative estimate of drug-likeness (QED) is 0.755. The minimum atomic E-state index is -0.442. The maximum absolute atomic E-state index is 11.8. The molecule has 2 rings (SSSR count). The minimum Gasteiger partial charge on any atom is -0.491 e. The smallest absolute Gasteiger partial charge is 0.343 e. The average Bonchev–Trinajstić information content (AvgIpc) is 2.54. The van der Waals surface area contributed by atoms with Crippen molar-refractivity contribution in [2.75, 3.05) is 13.2 Å². The monoisotopic (exact) mass is 372 g/mol. The van der Waals surface area contributed by atoms with Crippen LogP contribution in [0.4, 0.5) is 0 Å². The molecule has 132 valence electrons. The van der Waals surface area contributed by atoms with Crippen molar-refractivity contribution in [1.82, 2.24) is 4.98 Å². The van der Waals surface area contributed by atoms with Crippen molar-refractivity contribution in [1.29, 1.82) is 0 Å². The van der Waals surface area contributed by atoms with Gasteiger partial charge in [-0.3, -0.25) is 4.98 Å². The molecule has 7 heteroatoms. The first-order valence-corrected chi connectivity index (χ1v) is 7.24. The Morgan fingerprint density at radius 3 is 2.58 bits per heavy atom. The molecule has 1 aromatic heterocycles. The van der Waals surface area contributed by atoms with Gasteiger partial charge in [-0.2, -0.15) is 0 Å². The molecule has 0 fully saturated rings. The number of nitrogens with zero attached hydrogens (tertiary/aromatic N) is 1. The highest BCUT2D eigenvalue weighted by Gasteiger charge is 2.15. The van der Waals surface area contributed by atoms with Gasteiger partial charge in [0.1, 0.15) is 17.9 Å². The third kappa shape index (κ3) is 6.74. The summed E-state index contributed by atoms with van der Waals surface area (Å²) in [7, 11) is 0. The molecule has 0 radical (unpaired) electrons. The van der Waals surface area contributed by atoms with E-state index in [1.54, 1.807) is 19.2 Å². The first-order chi connectivity index (χ1) is 10.7. The number of hydrogen-bond donors (Lipinski definition) is 1. The Morgan fingerprint density at radius 2 is 1.92 bits per heavy atom. The highest BCUT2D eigenvalue weighted by atomic mass is 35.5. The molecule has 0 saturated carbocycles. The van der Waals surface area contributed by atoms with Crippen molar-refractivity contribution in [3.8, 4) is 5.75 Å². The van der Waals surface area contributed by atoms with E-state index in [0.717, 1.165) is 5.56 Å². The fourth-order valence-corrected chi connectivity index (χ4v) is 2.04. The first kappa shape index (κ1) is 22.2. The van der Waals surface area contributed by atoms with E-state index in [4.69, 9.17) is 15.2 Å². The van der Waals surface area contributed by atoms with Crippen LogP contribution in [0.25, 0.3) is 0 Å². The van der Waals surface area contributed by atoms with Crippen LogP contribution < -0.4 is 10.5 Å². The summed E-state index contributed by atoms with van der Waals surface area (Å²) in [4.78, 5) is 15.8. The Hall–Kier alpha value is -1.82. The first-order valence-electron chi connectivity index (χ1n) is 7.24. The van der Waals surface area contributed by atoms with Crippen LogP contribution in [0.5, 0.6) is 5.75 Å². The molecule has 2 N–H and O–H groups in total. The maximum atomic E-state index is 11.8. The highest BCUT2D eigenvalue weighted by molar-refractivity contribution is 5.92. The van der Waals surface area contributed by atoms with Crippen molar-refractivity contribution < 1.29 is 14.3 Å². The van der Waals surface area contributed by atoms with Gasteiger partial charge < -0.3 is 15.2 Å². The highest BCUT2D eigenvalue weighted by Crippen LogP contribution is 2.18. The molecule has 0 amide bonds. The van der Waals surface area contributed by atoms with Crippen molar-refractivity contribution in [2.45, 2.75) is 19.4 Å². The SMILES string of the molecule is CCOC(=O)c1cnccc1OC[C@H](N)Cc1ccccc1.Cl.Cl. The van der Waals surface area contributed by atoms with Crippen LogP contribution in [0.15, 0.2) is 48.8 Å². The molecule has 0 aliphatic rings. The largest absolute Gasteiger partial charge is 0.491 e. The molecule has 5 nitrogen and oxygen atoms in total. The van der Waals surface area contributed by atoms with Crippen LogP contribution in [0, 0.1) is 0 Å². The molecular weight excluding hydrogens is 351 g/mol. The predicted octanol–water partition coefficient (Wildman–Crippen LogP) is 3.05. The zero-order valence-corrected chi connectivity index (χ0v) is 15.0. The topological polar surface area (TPSA) is 74.4 Å². The average molecular weight is 373 g/mol. The van der Waals surface area contributed by atoms with Crippen LogP contribution in [0.2, 0.25) is 0 Å². The lowest BCUT2D eigenvalue weighted by atomic mass is 10.1. The van der Waals surface area contributed by atoms with Gasteiger partial charge in [0.25, 0.3) is 0 Å². The Labute approximate surface area is 154 Å². The molecule has 0 aliphatic heterocycles. The Bertz CT molecular complexity index is 612. The summed E-state index contributed by atoms with van der Waals surface area (Å²) in [6.45, 7) is 2.37. The summed E-state index contributed by atoms with van der Waals surface area (Å²) < 4.78 is 10.7. The number of nitrogens with two attached hydrogens (primary N) is 1. The zero-order chi connectivity index (χ0) is 15.8. The van der Waals surface area contributed by atoms with Crippen molar-refractivity contribution in [2.24, 2.45) is 5.73 Å². The summed E-state index contributed by atoms with van der Waals surface area (Å²) in [6.07, 6.45) is 3.72. The molecule has 0 spiro atoms. The molecule has 1 atom stereocenters. The Balaban J connectivity index is 0.00000264. The van der Waals surface area contributed by atoms with Crippen molar-refractivity contribution in [3.63, 3.8) is 0 Å².